The van der Waals surface area contributed by atoms with Crippen molar-refractivity contribution in [3.8, 4) is 0 Å². The molecule has 1 aromatic rings. The van der Waals surface area contributed by atoms with E-state index in [1.807, 2.05) is 0 Å². The molecule has 1 rings (SSSR count). The van der Waals surface area contributed by atoms with E-state index in [1.54, 1.807) is 0 Å². The van der Waals surface area contributed by atoms with Gasteiger partial charge < -0.3 is 10.5 Å². The van der Waals surface area contributed by atoms with Gasteiger partial charge in [-0.3, -0.25) is 4.79 Å². The van der Waals surface area contributed by atoms with Crippen LogP contribution in [0.5, 0.6) is 0 Å². The minimum absolute atomic E-state index is 0.0244. The molecule has 0 spiro atoms. The summed E-state index contributed by atoms with van der Waals surface area (Å²) >= 11 is 0. The number of hydrogen-bond donors (Lipinski definition) is 1. The molecular formula is C11H14F2N2O4S. The van der Waals surface area contributed by atoms with Crippen molar-refractivity contribution in [2.24, 2.45) is 5.73 Å². The number of benzene rings is 1. The van der Waals surface area contributed by atoms with Crippen LogP contribution in [0.15, 0.2) is 23.1 Å². The van der Waals surface area contributed by atoms with Crippen LogP contribution in [0.2, 0.25) is 0 Å². The lowest BCUT2D eigenvalue weighted by Crippen LogP contribution is -2.40. The molecule has 1 aromatic carbocycles. The molecule has 0 radical (unpaired) electrons. The van der Waals surface area contributed by atoms with Crippen LogP contribution in [0.25, 0.3) is 0 Å². The quantitative estimate of drug-likeness (QED) is 0.773. The molecule has 0 bridgehead atoms. The lowest BCUT2D eigenvalue weighted by Gasteiger charge is -2.20. The predicted molar refractivity (Wildman–Crippen MR) is 66.2 cm³/mol. The number of hydrogen-bond acceptors (Lipinski definition) is 4. The van der Waals surface area contributed by atoms with Gasteiger partial charge in [-0.1, -0.05) is 0 Å². The van der Waals surface area contributed by atoms with Crippen molar-refractivity contribution in [1.29, 1.82) is 0 Å². The second-order valence-electron chi connectivity index (χ2n) is 3.87. The van der Waals surface area contributed by atoms with Gasteiger partial charge in [-0.05, 0) is 18.2 Å². The normalized spacial score (nSPS) is 11.8. The smallest absolute Gasteiger partial charge is 0.246 e. The summed E-state index contributed by atoms with van der Waals surface area (Å²) in [4.78, 5) is 10.1. The second-order valence-corrected chi connectivity index (χ2v) is 5.78. The van der Waals surface area contributed by atoms with Gasteiger partial charge in [-0.2, -0.15) is 4.31 Å². The van der Waals surface area contributed by atoms with Crippen LogP contribution < -0.4 is 5.73 Å². The number of methoxy groups -OCH3 is 1. The molecule has 0 fully saturated rings. The Hall–Kier alpha value is -1.58. The minimum Gasteiger partial charge on any atom is -0.383 e. The minimum atomic E-state index is -4.38. The number of sulfonamides is 1. The number of halogens is 2. The van der Waals surface area contributed by atoms with Crippen molar-refractivity contribution in [2.45, 2.75) is 4.90 Å². The zero-order valence-corrected chi connectivity index (χ0v) is 11.5. The SMILES string of the molecule is COCCN(CC(N)=O)S(=O)(=O)c1cc(F)ccc1F. The molecule has 6 nitrogen and oxygen atoms in total. The topological polar surface area (TPSA) is 89.7 Å². The fourth-order valence-corrected chi connectivity index (χ4v) is 2.93. The summed E-state index contributed by atoms with van der Waals surface area (Å²) in [6.45, 7) is -0.886. The first-order valence-electron chi connectivity index (χ1n) is 5.51. The number of carbonyl (C=O) groups excluding carboxylic acids is 1. The van der Waals surface area contributed by atoms with E-state index in [0.717, 1.165) is 6.07 Å². The second kappa shape index (κ2) is 6.73. The van der Waals surface area contributed by atoms with Crippen molar-refractivity contribution >= 4 is 15.9 Å². The Labute approximate surface area is 115 Å². The van der Waals surface area contributed by atoms with Crippen molar-refractivity contribution in [3.63, 3.8) is 0 Å². The van der Waals surface area contributed by atoms with E-state index in [2.05, 4.69) is 0 Å². The average Bonchev–Trinajstić information content (AvgIpc) is 2.36. The first-order valence-corrected chi connectivity index (χ1v) is 6.95. The summed E-state index contributed by atoms with van der Waals surface area (Å²) in [5.41, 5.74) is 4.95. The van der Waals surface area contributed by atoms with Gasteiger partial charge in [0.05, 0.1) is 13.2 Å². The summed E-state index contributed by atoms with van der Waals surface area (Å²) in [6, 6.07) is 2.04. The Morgan fingerprint density at radius 2 is 2.05 bits per heavy atom. The summed E-state index contributed by atoms with van der Waals surface area (Å²) in [5.74, 6) is -2.93. The number of nitrogens with two attached hydrogens (primary N) is 1. The van der Waals surface area contributed by atoms with Gasteiger partial charge in [0.25, 0.3) is 0 Å². The molecule has 0 unspecified atom stereocenters. The van der Waals surface area contributed by atoms with Crippen LogP contribution in [-0.2, 0) is 19.6 Å². The van der Waals surface area contributed by atoms with Crippen molar-refractivity contribution in [2.75, 3.05) is 26.8 Å². The van der Waals surface area contributed by atoms with Gasteiger partial charge in [0.1, 0.15) is 16.5 Å². The molecule has 0 aliphatic heterocycles. The van der Waals surface area contributed by atoms with Crippen molar-refractivity contribution in [1.82, 2.24) is 4.31 Å². The Balaban J connectivity index is 3.20. The fraction of sp³-hybridized carbons (Fsp3) is 0.364. The molecule has 112 valence electrons. The third-order valence-corrected chi connectivity index (χ3v) is 4.25. The summed E-state index contributed by atoms with van der Waals surface area (Å²) < 4.78 is 56.4. The molecule has 2 N–H and O–H groups in total. The summed E-state index contributed by atoms with van der Waals surface area (Å²) in [6.07, 6.45) is 0. The van der Waals surface area contributed by atoms with Crippen LogP contribution >= 0.6 is 0 Å². The zero-order chi connectivity index (χ0) is 15.3. The van der Waals surface area contributed by atoms with E-state index in [-0.39, 0.29) is 13.2 Å². The molecule has 0 saturated carbocycles. The molecule has 0 heterocycles. The molecule has 20 heavy (non-hydrogen) atoms. The first kappa shape index (κ1) is 16.5. The molecule has 0 aliphatic rings. The van der Waals surface area contributed by atoms with Gasteiger partial charge in [-0.25, -0.2) is 17.2 Å². The number of rotatable bonds is 7. The third kappa shape index (κ3) is 3.95. The van der Waals surface area contributed by atoms with Crippen LogP contribution in [-0.4, -0.2) is 45.4 Å². The standard InChI is InChI=1S/C11H14F2N2O4S/c1-19-5-4-15(7-11(14)16)20(17,18)10-6-8(12)2-3-9(10)13/h2-3,6H,4-5,7H2,1H3,(H2,14,16). The largest absolute Gasteiger partial charge is 0.383 e. The predicted octanol–water partition coefficient (Wildman–Crippen LogP) is 0.0872. The molecule has 0 atom stereocenters. The maximum atomic E-state index is 13.6. The monoisotopic (exact) mass is 308 g/mol. The lowest BCUT2D eigenvalue weighted by atomic mass is 10.3. The fourth-order valence-electron chi connectivity index (χ4n) is 1.47. The molecule has 1 amide bonds. The van der Waals surface area contributed by atoms with Crippen molar-refractivity contribution in [3.05, 3.63) is 29.8 Å². The van der Waals surface area contributed by atoms with E-state index in [4.69, 9.17) is 10.5 Å². The maximum absolute atomic E-state index is 13.6. The molecule has 0 saturated heterocycles. The number of ether oxygens (including phenoxy) is 1. The summed E-state index contributed by atoms with van der Waals surface area (Å²) in [5, 5.41) is 0. The van der Waals surface area contributed by atoms with Crippen LogP contribution in [0.1, 0.15) is 0 Å². The third-order valence-electron chi connectivity index (χ3n) is 2.39. The highest BCUT2D eigenvalue weighted by atomic mass is 32.2. The van der Waals surface area contributed by atoms with Gasteiger partial charge in [0.2, 0.25) is 15.9 Å². The molecular weight excluding hydrogens is 294 g/mol. The Kier molecular flexibility index (Phi) is 5.54. The van der Waals surface area contributed by atoms with Crippen LogP contribution in [0.4, 0.5) is 8.78 Å². The van der Waals surface area contributed by atoms with E-state index < -0.39 is 39.0 Å². The van der Waals surface area contributed by atoms with Crippen LogP contribution in [0.3, 0.4) is 0 Å². The van der Waals surface area contributed by atoms with Crippen LogP contribution in [0, 0.1) is 11.6 Å². The Morgan fingerprint density at radius 3 is 2.60 bits per heavy atom. The zero-order valence-electron chi connectivity index (χ0n) is 10.7. The Bertz CT molecular complexity index is 592. The highest BCUT2D eigenvalue weighted by Crippen LogP contribution is 2.20. The number of amides is 1. The van der Waals surface area contributed by atoms with Gasteiger partial charge in [0.15, 0.2) is 0 Å². The molecule has 0 aliphatic carbocycles. The van der Waals surface area contributed by atoms with E-state index in [0.29, 0.717) is 16.4 Å². The summed E-state index contributed by atoms with van der Waals surface area (Å²) in [7, 11) is -3.05. The van der Waals surface area contributed by atoms with Gasteiger partial charge in [0, 0.05) is 13.7 Å². The molecule has 9 heteroatoms. The number of primary amides is 1. The average molecular weight is 308 g/mol. The Morgan fingerprint density at radius 1 is 1.40 bits per heavy atom. The highest BCUT2D eigenvalue weighted by Gasteiger charge is 2.28. The van der Waals surface area contributed by atoms with Gasteiger partial charge >= 0.3 is 0 Å². The van der Waals surface area contributed by atoms with E-state index in [1.165, 1.54) is 7.11 Å². The maximum Gasteiger partial charge on any atom is 0.246 e. The number of carbonyl (C=O) groups is 1. The lowest BCUT2D eigenvalue weighted by molar-refractivity contribution is -0.118. The first-order chi connectivity index (χ1) is 9.28. The highest BCUT2D eigenvalue weighted by molar-refractivity contribution is 7.89. The van der Waals surface area contributed by atoms with Gasteiger partial charge in [-0.15, -0.1) is 0 Å². The molecule has 0 aromatic heterocycles. The van der Waals surface area contributed by atoms with E-state index in [9.17, 15) is 22.0 Å². The number of nitrogens with zero attached hydrogens (tertiary/aromatic N) is 1. The van der Waals surface area contributed by atoms with E-state index >= 15 is 0 Å². The van der Waals surface area contributed by atoms with Crippen molar-refractivity contribution < 1.29 is 26.7 Å².